The third kappa shape index (κ3) is 4.29. The van der Waals surface area contributed by atoms with Crippen LogP contribution in [0.15, 0.2) is 168 Å². The van der Waals surface area contributed by atoms with Gasteiger partial charge in [-0.3, -0.25) is 4.57 Å². The Hall–Kier alpha value is -6.04. The second-order valence-electron chi connectivity index (χ2n) is 12.3. The number of hydrogen-bond donors (Lipinski definition) is 1. The van der Waals surface area contributed by atoms with Gasteiger partial charge in [0, 0.05) is 27.5 Å². The van der Waals surface area contributed by atoms with Crippen LogP contribution in [0.1, 0.15) is 5.56 Å². The Morgan fingerprint density at radius 2 is 1.40 bits per heavy atom. The van der Waals surface area contributed by atoms with Gasteiger partial charge in [-0.25, -0.2) is 9.98 Å². The molecule has 1 aliphatic carbocycles. The van der Waals surface area contributed by atoms with Crippen molar-refractivity contribution in [3.05, 3.63) is 169 Å². The quantitative estimate of drug-likeness (QED) is 0.211. The number of hydrogen-bond acceptors (Lipinski definition) is 4. The van der Waals surface area contributed by atoms with E-state index in [1.165, 1.54) is 37.4 Å². The molecule has 0 saturated carbocycles. The SMILES string of the molecule is C1=CC2=C(c3ccc(-c4cccc5ccccc45)cc3)N=C(n3c4ccccc4c4cc5sc(-c6ccccc6)nc5cc43)NC2C=C1. The molecule has 226 valence electrons. The molecule has 3 heterocycles. The molecule has 2 aromatic heterocycles. The Morgan fingerprint density at radius 1 is 0.625 bits per heavy atom. The Morgan fingerprint density at radius 3 is 2.29 bits per heavy atom. The number of aromatic nitrogens is 2. The fourth-order valence-electron chi connectivity index (χ4n) is 7.19. The van der Waals surface area contributed by atoms with Crippen LogP contribution in [0.25, 0.3) is 70.2 Å². The van der Waals surface area contributed by atoms with Crippen molar-refractivity contribution in [2.45, 2.75) is 6.04 Å². The minimum absolute atomic E-state index is 0.000794. The van der Waals surface area contributed by atoms with E-state index in [0.29, 0.717) is 0 Å². The zero-order valence-electron chi connectivity index (χ0n) is 25.8. The van der Waals surface area contributed by atoms with Crippen molar-refractivity contribution < 1.29 is 0 Å². The summed E-state index contributed by atoms with van der Waals surface area (Å²) in [7, 11) is 0. The first kappa shape index (κ1) is 27.1. The molecule has 10 rings (SSSR count). The van der Waals surface area contributed by atoms with Crippen molar-refractivity contribution in [3.63, 3.8) is 0 Å². The van der Waals surface area contributed by atoms with Gasteiger partial charge in [0.25, 0.3) is 0 Å². The highest BCUT2D eigenvalue weighted by Crippen LogP contribution is 2.38. The number of nitrogens with one attached hydrogen (secondary N) is 1. The van der Waals surface area contributed by atoms with Crippen LogP contribution in [0.3, 0.4) is 0 Å². The summed E-state index contributed by atoms with van der Waals surface area (Å²) in [6, 6.07) is 47.5. The smallest absolute Gasteiger partial charge is 0.209 e. The monoisotopic (exact) mass is 632 g/mol. The zero-order chi connectivity index (χ0) is 31.6. The molecule has 4 nitrogen and oxygen atoms in total. The summed E-state index contributed by atoms with van der Waals surface area (Å²) in [5.74, 6) is 0.806. The highest BCUT2D eigenvalue weighted by Gasteiger charge is 2.27. The van der Waals surface area contributed by atoms with E-state index < -0.39 is 0 Å². The third-order valence-corrected chi connectivity index (χ3v) is 10.5. The number of nitrogens with zero attached hydrogens (tertiary/aromatic N) is 3. The van der Waals surface area contributed by atoms with Crippen molar-refractivity contribution in [1.29, 1.82) is 0 Å². The van der Waals surface area contributed by atoms with E-state index in [4.69, 9.17) is 9.98 Å². The number of fused-ring (bicyclic) bond motifs is 6. The molecule has 8 aromatic rings. The predicted molar refractivity (Wildman–Crippen MR) is 202 cm³/mol. The van der Waals surface area contributed by atoms with E-state index in [9.17, 15) is 0 Å². The van der Waals surface area contributed by atoms with Gasteiger partial charge in [-0.2, -0.15) is 0 Å². The highest BCUT2D eigenvalue weighted by molar-refractivity contribution is 7.21. The number of para-hydroxylation sites is 1. The molecule has 5 heteroatoms. The van der Waals surface area contributed by atoms with E-state index in [2.05, 4.69) is 162 Å². The first-order valence-electron chi connectivity index (χ1n) is 16.2. The van der Waals surface area contributed by atoms with Gasteiger partial charge in [-0.1, -0.05) is 140 Å². The summed E-state index contributed by atoms with van der Waals surface area (Å²) >= 11 is 1.74. The average molecular weight is 633 g/mol. The van der Waals surface area contributed by atoms with E-state index in [1.807, 2.05) is 6.07 Å². The van der Waals surface area contributed by atoms with E-state index in [-0.39, 0.29) is 6.04 Å². The number of benzene rings is 6. The minimum Gasteiger partial charge on any atom is -0.345 e. The molecule has 48 heavy (non-hydrogen) atoms. The van der Waals surface area contributed by atoms with Crippen molar-refractivity contribution in [3.8, 4) is 21.7 Å². The van der Waals surface area contributed by atoms with Crippen LogP contribution in [-0.4, -0.2) is 21.6 Å². The fraction of sp³-hybridized carbons (Fsp3) is 0.0233. The third-order valence-electron chi connectivity index (χ3n) is 9.47. The lowest BCUT2D eigenvalue weighted by Gasteiger charge is -2.28. The summed E-state index contributed by atoms with van der Waals surface area (Å²) in [5.41, 5.74) is 9.99. The van der Waals surface area contributed by atoms with Crippen LogP contribution in [0.2, 0.25) is 0 Å². The first-order chi connectivity index (χ1) is 23.8. The molecule has 1 N–H and O–H groups in total. The molecule has 0 bridgehead atoms. The molecule has 1 atom stereocenters. The summed E-state index contributed by atoms with van der Waals surface area (Å²) in [6.45, 7) is 0. The summed E-state index contributed by atoms with van der Waals surface area (Å²) < 4.78 is 3.45. The molecule has 0 amide bonds. The molecule has 1 unspecified atom stereocenters. The molecule has 0 spiro atoms. The number of allylic oxidation sites excluding steroid dienone is 2. The van der Waals surface area contributed by atoms with Gasteiger partial charge in [-0.05, 0) is 40.1 Å². The maximum absolute atomic E-state index is 5.41. The maximum atomic E-state index is 5.41. The lowest BCUT2D eigenvalue weighted by molar-refractivity contribution is 0.805. The van der Waals surface area contributed by atoms with Crippen LogP contribution in [0.4, 0.5) is 0 Å². The van der Waals surface area contributed by atoms with Gasteiger partial charge in [-0.15, -0.1) is 11.3 Å². The molecular weight excluding hydrogens is 605 g/mol. The summed E-state index contributed by atoms with van der Waals surface area (Å²) in [4.78, 5) is 10.5. The number of rotatable bonds is 3. The summed E-state index contributed by atoms with van der Waals surface area (Å²) in [5, 5.41) is 9.71. The zero-order valence-corrected chi connectivity index (χ0v) is 26.7. The van der Waals surface area contributed by atoms with E-state index >= 15 is 0 Å². The lowest BCUT2D eigenvalue weighted by atomic mass is 9.93. The Labute approximate surface area is 281 Å². The van der Waals surface area contributed by atoms with Gasteiger partial charge < -0.3 is 5.32 Å². The van der Waals surface area contributed by atoms with Crippen LogP contribution in [-0.2, 0) is 0 Å². The predicted octanol–water partition coefficient (Wildman–Crippen LogP) is 10.6. The fourth-order valence-corrected chi connectivity index (χ4v) is 8.18. The molecule has 0 saturated heterocycles. The van der Waals surface area contributed by atoms with Crippen molar-refractivity contribution in [1.82, 2.24) is 14.9 Å². The molecule has 6 aromatic carbocycles. The van der Waals surface area contributed by atoms with Crippen molar-refractivity contribution >= 4 is 65.8 Å². The van der Waals surface area contributed by atoms with Crippen molar-refractivity contribution in [2.24, 2.45) is 4.99 Å². The molecular formula is C43H28N4S. The van der Waals surface area contributed by atoms with Crippen LogP contribution in [0, 0.1) is 0 Å². The number of aliphatic imine (C=N–C) groups is 1. The Bertz CT molecular complexity index is 2680. The van der Waals surface area contributed by atoms with Gasteiger partial charge in [0.15, 0.2) is 0 Å². The van der Waals surface area contributed by atoms with Gasteiger partial charge in [0.1, 0.15) is 5.01 Å². The van der Waals surface area contributed by atoms with Gasteiger partial charge in [0.2, 0.25) is 5.96 Å². The Kier molecular flexibility index (Phi) is 6.08. The Balaban J connectivity index is 1.14. The topological polar surface area (TPSA) is 42.2 Å². The molecule has 1 aliphatic heterocycles. The normalized spacial score (nSPS) is 15.8. The highest BCUT2D eigenvalue weighted by atomic mass is 32.1. The maximum Gasteiger partial charge on any atom is 0.209 e. The standard InChI is InChI=1S/C43H28N4S/c1-2-12-30(13-3-1)42-44-37-26-39-35(25-40(37)48-42)33-16-7-9-20-38(33)47(39)43-45-36-19-8-6-17-34(36)41(46-43)29-23-21-28(22-24-29)32-18-10-14-27-11-4-5-15-31(27)32/h1-26,36H,(H,45,46). The van der Waals surface area contributed by atoms with E-state index in [1.54, 1.807) is 11.3 Å². The van der Waals surface area contributed by atoms with Crippen molar-refractivity contribution in [2.75, 3.05) is 0 Å². The lowest BCUT2D eigenvalue weighted by Crippen LogP contribution is -2.42. The van der Waals surface area contributed by atoms with Gasteiger partial charge >= 0.3 is 0 Å². The molecule has 0 radical (unpaired) electrons. The van der Waals surface area contributed by atoms with Crippen LogP contribution < -0.4 is 5.32 Å². The van der Waals surface area contributed by atoms with Crippen LogP contribution in [0.5, 0.6) is 0 Å². The number of thiazole rings is 1. The summed E-state index contributed by atoms with van der Waals surface area (Å²) in [6.07, 6.45) is 8.61. The molecule has 0 fully saturated rings. The first-order valence-corrected chi connectivity index (χ1v) is 17.0. The van der Waals surface area contributed by atoms with Crippen LogP contribution >= 0.6 is 11.3 Å². The molecule has 2 aliphatic rings. The minimum atomic E-state index is -0.000794. The average Bonchev–Trinajstić information content (AvgIpc) is 3.72. The van der Waals surface area contributed by atoms with Gasteiger partial charge in [0.05, 0.1) is 33.0 Å². The largest absolute Gasteiger partial charge is 0.345 e. The van der Waals surface area contributed by atoms with E-state index in [0.717, 1.165) is 49.9 Å². The second kappa shape index (κ2) is 10.8. The second-order valence-corrected chi connectivity index (χ2v) is 13.3.